The second-order valence-corrected chi connectivity index (χ2v) is 4.72. The molecule has 19 heavy (non-hydrogen) atoms. The number of rotatable bonds is 6. The van der Waals surface area contributed by atoms with Crippen molar-refractivity contribution in [2.24, 2.45) is 0 Å². The molecule has 0 bridgehead atoms. The molecule has 1 aromatic carbocycles. The van der Waals surface area contributed by atoms with Crippen LogP contribution < -0.4 is 5.32 Å². The molecule has 1 N–H and O–H groups in total. The molecular weight excluding hydrogens is 361 g/mol. The number of halogens is 1. The highest BCUT2D eigenvalue weighted by molar-refractivity contribution is 14.1. The number of nitrogens with one attached hydrogen (secondary N) is 1. The molecule has 0 radical (unpaired) electrons. The Labute approximate surface area is 125 Å². The smallest absolute Gasteiger partial charge is 0.339 e. The van der Waals surface area contributed by atoms with Gasteiger partial charge in [-0.1, -0.05) is 6.07 Å². The van der Waals surface area contributed by atoms with E-state index in [0.29, 0.717) is 34.5 Å². The number of amides is 1. The maximum absolute atomic E-state index is 11.9. The van der Waals surface area contributed by atoms with Crippen LogP contribution in [-0.2, 0) is 9.47 Å². The molecule has 0 aromatic heterocycles. The van der Waals surface area contributed by atoms with Crippen LogP contribution in [0, 0.1) is 3.57 Å². The predicted molar refractivity (Wildman–Crippen MR) is 79.3 cm³/mol. The zero-order valence-corrected chi connectivity index (χ0v) is 13.0. The van der Waals surface area contributed by atoms with E-state index in [4.69, 9.17) is 9.47 Å². The number of benzene rings is 1. The molecule has 0 heterocycles. The van der Waals surface area contributed by atoms with E-state index < -0.39 is 5.97 Å². The highest BCUT2D eigenvalue weighted by Gasteiger charge is 2.17. The average molecular weight is 377 g/mol. The fourth-order valence-electron chi connectivity index (χ4n) is 1.44. The second kappa shape index (κ2) is 8.11. The van der Waals surface area contributed by atoms with Gasteiger partial charge in [0.15, 0.2) is 0 Å². The van der Waals surface area contributed by atoms with Gasteiger partial charge in [-0.2, -0.15) is 0 Å². The summed E-state index contributed by atoms with van der Waals surface area (Å²) in [5, 5.41) is 2.72. The van der Waals surface area contributed by atoms with Gasteiger partial charge in [0.2, 0.25) is 0 Å². The van der Waals surface area contributed by atoms with Crippen molar-refractivity contribution in [1.82, 2.24) is 5.32 Å². The van der Waals surface area contributed by atoms with E-state index in [1.165, 1.54) is 0 Å². The summed E-state index contributed by atoms with van der Waals surface area (Å²) in [6.07, 6.45) is 0. The van der Waals surface area contributed by atoms with Gasteiger partial charge in [0.1, 0.15) is 0 Å². The highest BCUT2D eigenvalue weighted by atomic mass is 127. The Morgan fingerprint density at radius 2 is 2.00 bits per heavy atom. The molecule has 5 nitrogen and oxygen atoms in total. The molecule has 0 spiro atoms. The minimum absolute atomic E-state index is 0.229. The van der Waals surface area contributed by atoms with Crippen LogP contribution in [0.4, 0.5) is 0 Å². The van der Waals surface area contributed by atoms with E-state index in [-0.39, 0.29) is 5.91 Å². The van der Waals surface area contributed by atoms with Gasteiger partial charge in [-0.15, -0.1) is 0 Å². The summed E-state index contributed by atoms with van der Waals surface area (Å²) in [6, 6.07) is 4.98. The van der Waals surface area contributed by atoms with Crippen LogP contribution >= 0.6 is 22.6 Å². The van der Waals surface area contributed by atoms with Gasteiger partial charge in [0.25, 0.3) is 5.91 Å². The monoisotopic (exact) mass is 377 g/mol. The number of carbonyl (C=O) groups is 2. The van der Waals surface area contributed by atoms with Crippen LogP contribution in [0.15, 0.2) is 18.2 Å². The quantitative estimate of drug-likeness (QED) is 0.467. The van der Waals surface area contributed by atoms with Crippen LogP contribution in [0.3, 0.4) is 0 Å². The third-order valence-electron chi connectivity index (χ3n) is 2.33. The lowest BCUT2D eigenvalue weighted by molar-refractivity contribution is 0.0525. The van der Waals surface area contributed by atoms with E-state index in [9.17, 15) is 9.59 Å². The number of methoxy groups -OCH3 is 1. The van der Waals surface area contributed by atoms with Crippen LogP contribution in [0.5, 0.6) is 0 Å². The Morgan fingerprint density at radius 3 is 2.63 bits per heavy atom. The van der Waals surface area contributed by atoms with Crippen molar-refractivity contribution in [2.45, 2.75) is 6.92 Å². The minimum Gasteiger partial charge on any atom is -0.462 e. The number of hydrogen-bond acceptors (Lipinski definition) is 4. The van der Waals surface area contributed by atoms with Crippen LogP contribution in [-0.4, -0.2) is 38.7 Å². The Balaban J connectivity index is 2.88. The highest BCUT2D eigenvalue weighted by Crippen LogP contribution is 2.18. The first-order valence-electron chi connectivity index (χ1n) is 5.84. The number of carbonyl (C=O) groups excluding carboxylic acids is 2. The third kappa shape index (κ3) is 4.46. The first-order valence-corrected chi connectivity index (χ1v) is 6.92. The lowest BCUT2D eigenvalue weighted by Gasteiger charge is -2.09. The first kappa shape index (κ1) is 15.9. The Kier molecular flexibility index (Phi) is 6.79. The summed E-state index contributed by atoms with van der Waals surface area (Å²) >= 11 is 1.98. The molecule has 0 saturated carbocycles. The van der Waals surface area contributed by atoms with Crippen molar-refractivity contribution in [2.75, 3.05) is 26.9 Å². The fraction of sp³-hybridized carbons (Fsp3) is 0.385. The largest absolute Gasteiger partial charge is 0.462 e. The number of esters is 1. The molecule has 6 heteroatoms. The van der Waals surface area contributed by atoms with Crippen LogP contribution in [0.25, 0.3) is 0 Å². The van der Waals surface area contributed by atoms with Gasteiger partial charge < -0.3 is 14.8 Å². The van der Waals surface area contributed by atoms with E-state index in [1.807, 2.05) is 22.6 Å². The third-order valence-corrected chi connectivity index (χ3v) is 3.49. The Bertz CT molecular complexity index is 462. The van der Waals surface area contributed by atoms with Crippen LogP contribution in [0.2, 0.25) is 0 Å². The Morgan fingerprint density at radius 1 is 1.32 bits per heavy atom. The molecule has 0 aliphatic carbocycles. The second-order valence-electron chi connectivity index (χ2n) is 3.64. The van der Waals surface area contributed by atoms with Crippen molar-refractivity contribution >= 4 is 34.5 Å². The average Bonchev–Trinajstić information content (AvgIpc) is 2.39. The Hall–Kier alpha value is -1.15. The van der Waals surface area contributed by atoms with Crippen molar-refractivity contribution in [1.29, 1.82) is 0 Å². The molecule has 104 valence electrons. The maximum atomic E-state index is 11.9. The molecule has 1 rings (SSSR count). The summed E-state index contributed by atoms with van der Waals surface area (Å²) in [7, 11) is 1.57. The summed E-state index contributed by atoms with van der Waals surface area (Å²) < 4.78 is 10.4. The van der Waals surface area contributed by atoms with E-state index >= 15 is 0 Å². The minimum atomic E-state index is -0.418. The van der Waals surface area contributed by atoms with Crippen LogP contribution in [0.1, 0.15) is 27.6 Å². The molecule has 0 unspecified atom stereocenters. The summed E-state index contributed by atoms with van der Waals surface area (Å²) in [6.45, 7) is 2.92. The van der Waals surface area contributed by atoms with Crippen molar-refractivity contribution in [3.63, 3.8) is 0 Å². The summed E-state index contributed by atoms with van der Waals surface area (Å²) in [5.41, 5.74) is 0.865. The van der Waals surface area contributed by atoms with Crippen molar-refractivity contribution in [3.05, 3.63) is 32.9 Å². The lowest BCUT2D eigenvalue weighted by Crippen LogP contribution is -2.28. The van der Waals surface area contributed by atoms with Crippen molar-refractivity contribution < 1.29 is 19.1 Å². The molecule has 0 aliphatic rings. The number of ether oxygens (including phenoxy) is 2. The topological polar surface area (TPSA) is 64.6 Å². The molecule has 0 atom stereocenters. The molecule has 1 amide bonds. The van der Waals surface area contributed by atoms with Gasteiger partial charge in [0, 0.05) is 17.2 Å². The van der Waals surface area contributed by atoms with Gasteiger partial charge in [0.05, 0.1) is 24.3 Å². The summed E-state index contributed by atoms with van der Waals surface area (Å²) in [5.74, 6) is -0.647. The fourth-order valence-corrected chi connectivity index (χ4v) is 2.26. The van der Waals surface area contributed by atoms with E-state index in [2.05, 4.69) is 5.32 Å². The van der Waals surface area contributed by atoms with E-state index in [1.54, 1.807) is 32.2 Å². The predicted octanol–water partition coefficient (Wildman–Crippen LogP) is 1.84. The van der Waals surface area contributed by atoms with Gasteiger partial charge in [-0.3, -0.25) is 4.79 Å². The lowest BCUT2D eigenvalue weighted by atomic mass is 10.1. The zero-order chi connectivity index (χ0) is 14.3. The van der Waals surface area contributed by atoms with Gasteiger partial charge in [-0.25, -0.2) is 4.79 Å². The molecular formula is C13H16INO4. The van der Waals surface area contributed by atoms with Crippen molar-refractivity contribution in [3.8, 4) is 0 Å². The number of hydrogen-bond donors (Lipinski definition) is 1. The van der Waals surface area contributed by atoms with E-state index in [0.717, 1.165) is 0 Å². The normalized spacial score (nSPS) is 10.1. The zero-order valence-electron chi connectivity index (χ0n) is 10.9. The molecule has 0 saturated heterocycles. The van der Waals surface area contributed by atoms with Gasteiger partial charge >= 0.3 is 5.97 Å². The standard InChI is InChI=1S/C13H16INO4/c1-3-19-13(17)10-6-4-5-9(11(10)14)12(16)15-7-8-18-2/h4-6H,3,7-8H2,1-2H3,(H,15,16). The summed E-state index contributed by atoms with van der Waals surface area (Å²) in [4.78, 5) is 23.7. The maximum Gasteiger partial charge on any atom is 0.339 e. The molecule has 1 aromatic rings. The SMILES string of the molecule is CCOC(=O)c1cccc(C(=O)NCCOC)c1I. The molecule has 0 aliphatic heterocycles. The first-order chi connectivity index (χ1) is 9.11. The van der Waals surface area contributed by atoms with Gasteiger partial charge in [-0.05, 0) is 41.6 Å². The molecule has 0 fully saturated rings.